The van der Waals surface area contributed by atoms with E-state index in [2.05, 4.69) is 49.8 Å². The van der Waals surface area contributed by atoms with Crippen LogP contribution in [-0.2, 0) is 23.9 Å². The van der Waals surface area contributed by atoms with Crippen molar-refractivity contribution in [2.24, 2.45) is 40.9 Å². The highest BCUT2D eigenvalue weighted by Gasteiger charge is 2.61. The third-order valence-electron chi connectivity index (χ3n) is 13.0. The van der Waals surface area contributed by atoms with E-state index >= 15 is 0 Å². The number of benzene rings is 1. The van der Waals surface area contributed by atoms with E-state index in [-0.39, 0.29) is 42.3 Å². The number of likely N-dealkylation sites (N-methyl/N-ethyl adjacent to an activating group) is 1. The molecule has 8 nitrogen and oxygen atoms in total. The summed E-state index contributed by atoms with van der Waals surface area (Å²) in [6.07, 6.45) is 11.5. The van der Waals surface area contributed by atoms with Crippen LogP contribution in [0.25, 0.3) is 10.9 Å². The minimum Gasteiger partial charge on any atom is -0.464 e. The zero-order valence-corrected chi connectivity index (χ0v) is 32.1. The zero-order chi connectivity index (χ0) is 36.3. The molecule has 4 aliphatic carbocycles. The first-order valence-corrected chi connectivity index (χ1v) is 20.0. The minimum absolute atomic E-state index is 0.0452. The summed E-state index contributed by atoms with van der Waals surface area (Å²) in [4.78, 5) is 44.6. The fourth-order valence-electron chi connectivity index (χ4n) is 10.7. The van der Waals surface area contributed by atoms with Crippen LogP contribution in [0.15, 0.2) is 42.1 Å². The van der Waals surface area contributed by atoms with Crippen LogP contribution in [0.1, 0.15) is 98.8 Å². The fraction of sp³-hybridized carbons (Fsp3) is 0.667. The van der Waals surface area contributed by atoms with Crippen LogP contribution in [0.2, 0.25) is 5.02 Å². The second-order valence-electron chi connectivity index (χ2n) is 16.4. The minimum atomic E-state index is -0.345. The van der Waals surface area contributed by atoms with Crippen molar-refractivity contribution in [3.05, 3.63) is 47.1 Å². The summed E-state index contributed by atoms with van der Waals surface area (Å²) in [6.45, 7) is 14.2. The molecule has 51 heavy (non-hydrogen) atoms. The molecule has 3 saturated carbocycles. The Morgan fingerprint density at radius 3 is 2.69 bits per heavy atom. The Morgan fingerprint density at radius 1 is 1.08 bits per heavy atom. The molecule has 1 aromatic heterocycles. The van der Waals surface area contributed by atoms with Gasteiger partial charge in [-0.1, -0.05) is 44.9 Å². The Morgan fingerprint density at radius 2 is 1.88 bits per heavy atom. The molecule has 0 saturated heterocycles. The molecule has 278 valence electrons. The average molecular weight is 720 g/mol. The molecule has 4 aliphatic rings. The number of esters is 2. The van der Waals surface area contributed by atoms with Crippen molar-refractivity contribution in [1.29, 1.82) is 0 Å². The van der Waals surface area contributed by atoms with Crippen LogP contribution in [0.4, 0.5) is 5.69 Å². The van der Waals surface area contributed by atoms with Gasteiger partial charge in [0.25, 0.3) is 0 Å². The number of carbonyl (C=O) groups is 3. The molecule has 0 bridgehead atoms. The SMILES string of the molecule is CCN(CCCC(C)Nc1ccnc2cc(Cl)ccc12)CCOC(=O)CCC(=O)OC1CCC2C3C(C)CC4=CC(=O)CCC4C3C(C)CC12C. The van der Waals surface area contributed by atoms with Gasteiger partial charge in [0, 0.05) is 46.7 Å². The maximum Gasteiger partial charge on any atom is 0.306 e. The predicted molar refractivity (Wildman–Crippen MR) is 202 cm³/mol. The lowest BCUT2D eigenvalue weighted by Crippen LogP contribution is -2.54. The molecule has 9 atom stereocenters. The van der Waals surface area contributed by atoms with Gasteiger partial charge in [0.2, 0.25) is 0 Å². The monoisotopic (exact) mass is 719 g/mol. The van der Waals surface area contributed by atoms with E-state index in [1.807, 2.05) is 30.3 Å². The van der Waals surface area contributed by atoms with E-state index in [0.717, 1.165) is 74.6 Å². The van der Waals surface area contributed by atoms with E-state index in [9.17, 15) is 14.4 Å². The Kier molecular flexibility index (Phi) is 12.1. The molecule has 1 heterocycles. The second kappa shape index (κ2) is 16.4. The van der Waals surface area contributed by atoms with Gasteiger partial charge in [0.05, 0.1) is 18.4 Å². The zero-order valence-electron chi connectivity index (χ0n) is 31.3. The Bertz CT molecular complexity index is 1610. The van der Waals surface area contributed by atoms with Gasteiger partial charge < -0.3 is 19.7 Å². The van der Waals surface area contributed by atoms with E-state index in [1.165, 1.54) is 5.57 Å². The Balaban J connectivity index is 0.898. The van der Waals surface area contributed by atoms with Crippen molar-refractivity contribution in [3.8, 4) is 0 Å². The fourth-order valence-corrected chi connectivity index (χ4v) is 10.9. The van der Waals surface area contributed by atoms with Gasteiger partial charge in [-0.15, -0.1) is 0 Å². The number of hydrogen-bond acceptors (Lipinski definition) is 8. The lowest BCUT2D eigenvalue weighted by Gasteiger charge is -2.58. The van der Waals surface area contributed by atoms with E-state index in [4.69, 9.17) is 21.1 Å². The number of fused-ring (bicyclic) bond motifs is 6. The number of nitrogens with one attached hydrogen (secondary N) is 1. The van der Waals surface area contributed by atoms with Gasteiger partial charge in [-0.05, 0) is 131 Å². The normalized spacial score (nSPS) is 30.6. The quantitative estimate of drug-likeness (QED) is 0.194. The van der Waals surface area contributed by atoms with Gasteiger partial charge in [-0.25, -0.2) is 0 Å². The summed E-state index contributed by atoms with van der Waals surface area (Å²) in [7, 11) is 0. The number of pyridine rings is 1. The highest BCUT2D eigenvalue weighted by Crippen LogP contribution is 2.65. The number of allylic oxidation sites excluding steroid dienone is 1. The van der Waals surface area contributed by atoms with Crippen LogP contribution in [0, 0.1) is 40.9 Å². The number of halogens is 1. The number of anilines is 1. The summed E-state index contributed by atoms with van der Waals surface area (Å²) in [5, 5.41) is 5.36. The third kappa shape index (κ3) is 8.48. The molecule has 9 heteroatoms. The number of aromatic nitrogens is 1. The molecule has 3 fully saturated rings. The first-order valence-electron chi connectivity index (χ1n) is 19.6. The van der Waals surface area contributed by atoms with Gasteiger partial charge in [0.1, 0.15) is 12.7 Å². The lowest BCUT2D eigenvalue weighted by molar-refractivity contribution is -0.164. The molecule has 0 amide bonds. The van der Waals surface area contributed by atoms with Gasteiger partial charge in [-0.2, -0.15) is 0 Å². The highest BCUT2D eigenvalue weighted by molar-refractivity contribution is 6.31. The molecule has 0 spiro atoms. The maximum atomic E-state index is 13.1. The van der Waals surface area contributed by atoms with Crippen molar-refractivity contribution in [2.75, 3.05) is 31.6 Å². The Labute approximate surface area is 309 Å². The van der Waals surface area contributed by atoms with Crippen molar-refractivity contribution >= 4 is 45.9 Å². The van der Waals surface area contributed by atoms with E-state index in [1.54, 1.807) is 6.20 Å². The summed E-state index contributed by atoms with van der Waals surface area (Å²) >= 11 is 6.14. The summed E-state index contributed by atoms with van der Waals surface area (Å²) in [6, 6.07) is 8.06. The van der Waals surface area contributed by atoms with Crippen LogP contribution in [-0.4, -0.2) is 66.0 Å². The molecule has 1 aromatic carbocycles. The lowest BCUT2D eigenvalue weighted by atomic mass is 9.47. The van der Waals surface area contributed by atoms with E-state index in [0.29, 0.717) is 65.9 Å². The van der Waals surface area contributed by atoms with Crippen LogP contribution in [0.5, 0.6) is 0 Å². The number of nitrogens with zero attached hydrogens (tertiary/aromatic N) is 2. The van der Waals surface area contributed by atoms with Gasteiger partial charge in [0.15, 0.2) is 5.78 Å². The predicted octanol–water partition coefficient (Wildman–Crippen LogP) is 8.66. The van der Waals surface area contributed by atoms with E-state index < -0.39 is 0 Å². The van der Waals surface area contributed by atoms with Crippen LogP contribution >= 0.6 is 11.6 Å². The standard InChI is InChI=1S/C42H58ClN3O5/c1-6-46(19-7-8-28(4)45-35-17-18-44-36-24-30(43)9-11-33(35)36)20-21-50-38(48)15-16-39(49)51-37-14-13-34-41-26(2)22-29-23-31(47)10-12-32(29)40(41)27(3)25-42(34,37)5/h9,11,17-18,23-24,26-28,32,34,37,40-41H,6-8,10,12-16,19-22,25H2,1-5H3,(H,44,45). The first kappa shape index (κ1) is 37.8. The summed E-state index contributed by atoms with van der Waals surface area (Å²) < 4.78 is 11.7. The number of hydrogen-bond donors (Lipinski definition) is 1. The molecule has 2 aromatic rings. The largest absolute Gasteiger partial charge is 0.464 e. The molecule has 0 aliphatic heterocycles. The summed E-state index contributed by atoms with van der Waals surface area (Å²) in [5.41, 5.74) is 3.28. The molecular formula is C42H58ClN3O5. The smallest absolute Gasteiger partial charge is 0.306 e. The van der Waals surface area contributed by atoms with Crippen LogP contribution < -0.4 is 5.32 Å². The van der Waals surface area contributed by atoms with Crippen molar-refractivity contribution in [3.63, 3.8) is 0 Å². The Hall–Kier alpha value is -2.97. The molecule has 0 radical (unpaired) electrons. The molecule has 1 N–H and O–H groups in total. The van der Waals surface area contributed by atoms with Crippen molar-refractivity contribution in [1.82, 2.24) is 9.88 Å². The number of rotatable bonds is 14. The average Bonchev–Trinajstić information content (AvgIpc) is 3.40. The molecule has 9 unspecified atom stereocenters. The highest BCUT2D eigenvalue weighted by atomic mass is 35.5. The maximum absolute atomic E-state index is 13.1. The van der Waals surface area contributed by atoms with Gasteiger partial charge in [-0.3, -0.25) is 19.4 Å². The topological polar surface area (TPSA) is 97.8 Å². The number of ether oxygens (including phenoxy) is 2. The van der Waals surface area contributed by atoms with Crippen LogP contribution in [0.3, 0.4) is 0 Å². The molecular weight excluding hydrogens is 662 g/mol. The van der Waals surface area contributed by atoms with Crippen molar-refractivity contribution in [2.45, 2.75) is 111 Å². The molecule has 6 rings (SSSR count). The van der Waals surface area contributed by atoms with Gasteiger partial charge >= 0.3 is 11.9 Å². The summed E-state index contributed by atoms with van der Waals surface area (Å²) in [5.74, 6) is 2.99. The third-order valence-corrected chi connectivity index (χ3v) is 13.2. The number of carbonyl (C=O) groups excluding carboxylic acids is 3. The first-order chi connectivity index (χ1) is 24.5. The number of ketones is 1. The van der Waals surface area contributed by atoms with Crippen molar-refractivity contribution < 1.29 is 23.9 Å². The second-order valence-corrected chi connectivity index (χ2v) is 16.8.